The maximum Gasteiger partial charge on any atom is 0.422 e. The number of carbonyl (C=O) groups excluding carboxylic acids is 2. The lowest BCUT2D eigenvalue weighted by Gasteiger charge is -2.25. The van der Waals surface area contributed by atoms with E-state index in [1.54, 1.807) is 19.1 Å². The number of amides is 2. The Hall–Kier alpha value is -2.65. The number of alkyl halides is 3. The van der Waals surface area contributed by atoms with Gasteiger partial charge >= 0.3 is 12.3 Å². The molecule has 0 bridgehead atoms. The molecule has 2 amide bonds. The molecule has 150 valence electrons. The Balaban J connectivity index is 2.02. The van der Waals surface area contributed by atoms with Crippen LogP contribution in [0.1, 0.15) is 31.4 Å². The van der Waals surface area contributed by atoms with Crippen LogP contribution in [0.5, 0.6) is 11.5 Å². The van der Waals surface area contributed by atoms with Crippen molar-refractivity contribution in [1.82, 2.24) is 10.2 Å². The summed E-state index contributed by atoms with van der Waals surface area (Å²) in [5.74, 6) is -0.0928. The minimum absolute atomic E-state index is 0.0449. The second-order valence-electron chi connectivity index (χ2n) is 6.18. The lowest BCUT2D eigenvalue weighted by Crippen LogP contribution is -2.47. The Bertz CT molecular complexity index is 696. The van der Waals surface area contributed by atoms with Crippen LogP contribution in [0.2, 0.25) is 0 Å². The second kappa shape index (κ2) is 8.36. The van der Waals surface area contributed by atoms with E-state index >= 15 is 0 Å². The van der Waals surface area contributed by atoms with Crippen LogP contribution in [-0.4, -0.2) is 54.5 Å². The number of aromatic hydroxyl groups is 1. The fourth-order valence-corrected chi connectivity index (χ4v) is 2.88. The summed E-state index contributed by atoms with van der Waals surface area (Å²) in [6.07, 6.45) is -5.03. The molecule has 0 radical (unpaired) electrons. The predicted molar refractivity (Wildman–Crippen MR) is 88.3 cm³/mol. The van der Waals surface area contributed by atoms with Gasteiger partial charge in [-0.15, -0.1) is 0 Å². The molecule has 7 nitrogen and oxygen atoms in total. The quantitative estimate of drug-likeness (QED) is 0.807. The Morgan fingerprint density at radius 2 is 2.11 bits per heavy atom. The standard InChI is InChI=1S/C17H21F3N2O5/c1-10(12-8-11(26-2)5-6-14(12)23)21-15(24)13-4-3-7-22(13)16(25)27-9-17(18,19)20/h5-6,8,10,13,23H,3-4,7,9H2,1-2H3,(H,21,24)/t10-,13+/m1/s1. The third-order valence-electron chi connectivity index (χ3n) is 4.21. The maximum absolute atomic E-state index is 12.5. The van der Waals surface area contributed by atoms with Gasteiger partial charge in [-0.05, 0) is 38.0 Å². The Morgan fingerprint density at radius 1 is 1.41 bits per heavy atom. The van der Waals surface area contributed by atoms with E-state index in [0.29, 0.717) is 24.2 Å². The molecule has 1 aliphatic heterocycles. The molecule has 0 unspecified atom stereocenters. The predicted octanol–water partition coefficient (Wildman–Crippen LogP) is 2.74. The number of benzene rings is 1. The SMILES string of the molecule is COc1ccc(O)c([C@@H](C)NC(=O)[C@@H]2CCCN2C(=O)OCC(F)(F)F)c1. The zero-order valence-corrected chi connectivity index (χ0v) is 14.9. The number of halogens is 3. The molecule has 1 fully saturated rings. The van der Waals surface area contributed by atoms with Crippen molar-refractivity contribution in [3.05, 3.63) is 23.8 Å². The third-order valence-corrected chi connectivity index (χ3v) is 4.21. The van der Waals surface area contributed by atoms with Crippen LogP contribution in [0.4, 0.5) is 18.0 Å². The van der Waals surface area contributed by atoms with Gasteiger partial charge in [-0.2, -0.15) is 13.2 Å². The monoisotopic (exact) mass is 390 g/mol. The third kappa shape index (κ3) is 5.41. The molecule has 10 heteroatoms. The van der Waals surface area contributed by atoms with Crippen LogP contribution < -0.4 is 10.1 Å². The molecule has 1 aliphatic rings. The van der Waals surface area contributed by atoms with Crippen LogP contribution in [0, 0.1) is 0 Å². The minimum Gasteiger partial charge on any atom is -0.508 e. The number of hydrogen-bond acceptors (Lipinski definition) is 5. The maximum atomic E-state index is 12.5. The Labute approximate surface area is 154 Å². The van der Waals surface area contributed by atoms with Crippen LogP contribution in [0.25, 0.3) is 0 Å². The number of ether oxygens (including phenoxy) is 2. The first-order valence-electron chi connectivity index (χ1n) is 8.30. The topological polar surface area (TPSA) is 88.1 Å². The lowest BCUT2D eigenvalue weighted by atomic mass is 10.1. The van der Waals surface area contributed by atoms with E-state index in [0.717, 1.165) is 4.90 Å². The molecule has 0 aromatic heterocycles. The van der Waals surface area contributed by atoms with Crippen molar-refractivity contribution in [3.8, 4) is 11.5 Å². The number of hydrogen-bond donors (Lipinski definition) is 2. The van der Waals surface area contributed by atoms with Gasteiger partial charge in [-0.25, -0.2) is 4.79 Å². The van der Waals surface area contributed by atoms with Gasteiger partial charge in [-0.3, -0.25) is 9.69 Å². The highest BCUT2D eigenvalue weighted by molar-refractivity contribution is 5.86. The van der Waals surface area contributed by atoms with Gasteiger partial charge in [-0.1, -0.05) is 0 Å². The number of rotatable bonds is 5. The number of carbonyl (C=O) groups is 2. The number of phenolic OH excluding ortho intramolecular Hbond substituents is 1. The lowest BCUT2D eigenvalue weighted by molar-refractivity contribution is -0.162. The zero-order valence-electron chi connectivity index (χ0n) is 14.9. The van der Waals surface area contributed by atoms with Crippen molar-refractivity contribution in [2.45, 2.75) is 38.0 Å². The first-order chi connectivity index (χ1) is 12.6. The molecule has 1 aromatic rings. The molecule has 27 heavy (non-hydrogen) atoms. The van der Waals surface area contributed by atoms with Crippen molar-refractivity contribution in [3.63, 3.8) is 0 Å². The smallest absolute Gasteiger partial charge is 0.422 e. The second-order valence-corrected chi connectivity index (χ2v) is 6.18. The van der Waals surface area contributed by atoms with Crippen molar-refractivity contribution >= 4 is 12.0 Å². The molecule has 2 atom stereocenters. The number of methoxy groups -OCH3 is 1. The van der Waals surface area contributed by atoms with Crippen LogP contribution in [0.3, 0.4) is 0 Å². The summed E-state index contributed by atoms with van der Waals surface area (Å²) in [7, 11) is 1.46. The molecule has 2 rings (SSSR count). The molecule has 1 aromatic carbocycles. The van der Waals surface area contributed by atoms with Gasteiger partial charge in [0.2, 0.25) is 5.91 Å². The van der Waals surface area contributed by atoms with Crippen molar-refractivity contribution in [2.24, 2.45) is 0 Å². The normalized spacial score (nSPS) is 18.1. The van der Waals surface area contributed by atoms with Gasteiger partial charge < -0.3 is 19.9 Å². The number of nitrogens with one attached hydrogen (secondary N) is 1. The summed E-state index contributed by atoms with van der Waals surface area (Å²) in [5.41, 5.74) is 0.409. The highest BCUT2D eigenvalue weighted by atomic mass is 19.4. The largest absolute Gasteiger partial charge is 0.508 e. The van der Waals surface area contributed by atoms with E-state index in [4.69, 9.17) is 4.74 Å². The van der Waals surface area contributed by atoms with Gasteiger partial charge in [0.05, 0.1) is 13.2 Å². The molecule has 0 aliphatic carbocycles. The first-order valence-corrected chi connectivity index (χ1v) is 8.30. The van der Waals surface area contributed by atoms with Crippen LogP contribution in [0.15, 0.2) is 18.2 Å². The van der Waals surface area contributed by atoms with Gasteiger partial charge in [0.25, 0.3) is 0 Å². The molecular formula is C17H21F3N2O5. The summed E-state index contributed by atoms with van der Waals surface area (Å²) in [4.78, 5) is 25.4. The average Bonchev–Trinajstić information content (AvgIpc) is 3.09. The van der Waals surface area contributed by atoms with E-state index < -0.39 is 36.9 Å². The molecule has 2 N–H and O–H groups in total. The van der Waals surface area contributed by atoms with Crippen LogP contribution >= 0.6 is 0 Å². The summed E-state index contributed by atoms with van der Waals surface area (Å²) in [6.45, 7) is 0.0615. The summed E-state index contributed by atoms with van der Waals surface area (Å²) in [6, 6.07) is 3.00. The number of phenols is 1. The van der Waals surface area contributed by atoms with Crippen molar-refractivity contribution in [1.29, 1.82) is 0 Å². The zero-order chi connectivity index (χ0) is 20.2. The van der Waals surface area contributed by atoms with E-state index in [1.165, 1.54) is 13.2 Å². The van der Waals surface area contributed by atoms with Gasteiger partial charge in [0, 0.05) is 12.1 Å². The molecule has 0 spiro atoms. The van der Waals surface area contributed by atoms with Gasteiger partial charge in [0.15, 0.2) is 6.61 Å². The van der Waals surface area contributed by atoms with E-state index in [1.807, 2.05) is 0 Å². The Morgan fingerprint density at radius 3 is 2.74 bits per heavy atom. The summed E-state index contributed by atoms with van der Waals surface area (Å²) in [5, 5.41) is 12.6. The number of nitrogens with zero attached hydrogens (tertiary/aromatic N) is 1. The van der Waals surface area contributed by atoms with Gasteiger partial charge in [0.1, 0.15) is 17.5 Å². The fraction of sp³-hybridized carbons (Fsp3) is 0.529. The van der Waals surface area contributed by atoms with E-state index in [2.05, 4.69) is 10.1 Å². The Kier molecular flexibility index (Phi) is 6.40. The molecular weight excluding hydrogens is 369 g/mol. The first kappa shape index (κ1) is 20.7. The van der Waals surface area contributed by atoms with Crippen molar-refractivity contribution in [2.75, 3.05) is 20.3 Å². The molecule has 1 heterocycles. The highest BCUT2D eigenvalue weighted by Gasteiger charge is 2.38. The van der Waals surface area contributed by atoms with E-state index in [9.17, 15) is 27.9 Å². The van der Waals surface area contributed by atoms with Crippen LogP contribution in [-0.2, 0) is 9.53 Å². The fourth-order valence-electron chi connectivity index (χ4n) is 2.88. The van der Waals surface area contributed by atoms with E-state index in [-0.39, 0.29) is 12.3 Å². The number of likely N-dealkylation sites (tertiary alicyclic amines) is 1. The summed E-state index contributed by atoms with van der Waals surface area (Å²) < 4.78 is 45.9. The molecule has 1 saturated heterocycles. The summed E-state index contributed by atoms with van der Waals surface area (Å²) >= 11 is 0. The minimum atomic E-state index is -4.63. The molecule has 0 saturated carbocycles. The average molecular weight is 390 g/mol. The highest BCUT2D eigenvalue weighted by Crippen LogP contribution is 2.29. The van der Waals surface area contributed by atoms with Crippen molar-refractivity contribution < 1.29 is 37.3 Å².